The lowest BCUT2D eigenvalue weighted by Gasteiger charge is -2.21. The number of fused-ring (bicyclic) bond motifs is 1. The third-order valence-electron chi connectivity index (χ3n) is 5.67. The summed E-state index contributed by atoms with van der Waals surface area (Å²) in [6, 6.07) is 12.0. The molecular formula is C24H24N8O4. The molecule has 0 saturated carbocycles. The second kappa shape index (κ2) is 9.88. The fraction of sp³-hybridized carbons (Fsp3) is 0.208. The summed E-state index contributed by atoms with van der Waals surface area (Å²) in [6.45, 7) is 0.642. The average molecular weight is 489 g/mol. The number of nitrogens with zero attached hydrogens (tertiary/aromatic N) is 4. The van der Waals surface area contributed by atoms with E-state index in [9.17, 15) is 4.79 Å². The van der Waals surface area contributed by atoms with E-state index < -0.39 is 11.7 Å². The summed E-state index contributed by atoms with van der Waals surface area (Å²) in [5.74, 6) is 1.64. The number of anilines is 1. The highest BCUT2D eigenvalue weighted by atomic mass is 16.7. The van der Waals surface area contributed by atoms with Gasteiger partial charge in [-0.1, -0.05) is 0 Å². The van der Waals surface area contributed by atoms with Crippen LogP contribution in [0.15, 0.2) is 59.7 Å². The zero-order valence-electron chi connectivity index (χ0n) is 19.4. The van der Waals surface area contributed by atoms with E-state index in [1.165, 1.54) is 12.4 Å². The van der Waals surface area contributed by atoms with Crippen molar-refractivity contribution in [2.24, 2.45) is 5.73 Å². The number of hydrogen-bond acceptors (Lipinski definition) is 9. The van der Waals surface area contributed by atoms with Crippen molar-refractivity contribution in [3.8, 4) is 17.4 Å². The smallest absolute Gasteiger partial charge is 0.350 e. The number of nitrogen functional groups attached to an aromatic ring is 1. The maximum absolute atomic E-state index is 12.8. The zero-order valence-corrected chi connectivity index (χ0v) is 19.4. The van der Waals surface area contributed by atoms with E-state index in [0.717, 1.165) is 21.5 Å². The van der Waals surface area contributed by atoms with Gasteiger partial charge in [0.15, 0.2) is 24.1 Å². The van der Waals surface area contributed by atoms with Crippen LogP contribution in [0.25, 0.3) is 5.95 Å². The van der Waals surface area contributed by atoms with E-state index >= 15 is 0 Å². The number of ether oxygens (including phenoxy) is 3. The summed E-state index contributed by atoms with van der Waals surface area (Å²) in [4.78, 5) is 23.9. The van der Waals surface area contributed by atoms with Gasteiger partial charge in [0.25, 0.3) is 5.95 Å². The lowest BCUT2D eigenvalue weighted by atomic mass is 9.99. The van der Waals surface area contributed by atoms with Crippen molar-refractivity contribution < 1.29 is 14.2 Å². The molecule has 4 aromatic rings. The highest BCUT2D eigenvalue weighted by Crippen LogP contribution is 2.38. The molecule has 0 fully saturated rings. The SMILES string of the molecule is COc1cc(C(Nc2ccc(C(=N)N)cc2)c2nn(-c3ncccn3)c(=O)[nH]2)cc2c1OCOCC2. The van der Waals surface area contributed by atoms with Crippen LogP contribution in [0.4, 0.5) is 5.69 Å². The van der Waals surface area contributed by atoms with E-state index in [1.807, 2.05) is 12.1 Å². The van der Waals surface area contributed by atoms with Crippen LogP contribution in [0.3, 0.4) is 0 Å². The Morgan fingerprint density at radius 3 is 2.75 bits per heavy atom. The second-order valence-electron chi connectivity index (χ2n) is 7.98. The summed E-state index contributed by atoms with van der Waals surface area (Å²) in [5, 5.41) is 15.5. The molecule has 0 saturated heterocycles. The molecule has 1 atom stereocenters. The number of methoxy groups -OCH3 is 1. The normalized spacial score (nSPS) is 13.7. The number of nitrogens with two attached hydrogens (primary N) is 1. The van der Waals surface area contributed by atoms with Crippen LogP contribution in [0.5, 0.6) is 11.5 Å². The average Bonchev–Trinajstić information content (AvgIpc) is 3.12. The van der Waals surface area contributed by atoms with Gasteiger partial charge in [-0.25, -0.2) is 14.8 Å². The molecule has 12 heteroatoms. The van der Waals surface area contributed by atoms with Crippen LogP contribution in [0, 0.1) is 5.41 Å². The van der Waals surface area contributed by atoms with Crippen LogP contribution < -0.4 is 26.2 Å². The molecule has 2 aromatic heterocycles. The minimum Gasteiger partial charge on any atom is -0.493 e. The van der Waals surface area contributed by atoms with Crippen molar-refractivity contribution in [2.45, 2.75) is 12.5 Å². The molecule has 0 radical (unpaired) electrons. The van der Waals surface area contributed by atoms with E-state index in [1.54, 1.807) is 37.4 Å². The van der Waals surface area contributed by atoms with Gasteiger partial charge >= 0.3 is 5.69 Å². The van der Waals surface area contributed by atoms with Crippen molar-refractivity contribution in [1.82, 2.24) is 24.7 Å². The first kappa shape index (κ1) is 23.1. The van der Waals surface area contributed by atoms with Gasteiger partial charge in [0.2, 0.25) is 0 Å². The van der Waals surface area contributed by atoms with Crippen molar-refractivity contribution in [3.05, 3.63) is 87.9 Å². The van der Waals surface area contributed by atoms with Gasteiger partial charge in [-0.3, -0.25) is 10.4 Å². The molecule has 0 amide bonds. The Balaban J connectivity index is 1.61. The molecule has 184 valence electrons. The Bertz CT molecular complexity index is 1430. The third kappa shape index (κ3) is 4.61. The highest BCUT2D eigenvalue weighted by molar-refractivity contribution is 5.95. The Hall–Kier alpha value is -4.71. The van der Waals surface area contributed by atoms with E-state index in [4.69, 9.17) is 25.4 Å². The molecule has 2 aromatic carbocycles. The quantitative estimate of drug-likeness (QED) is 0.224. The molecule has 1 unspecified atom stereocenters. The standard InChI is InChI=1S/C24H24N8O4/c1-34-18-12-16(11-15-7-10-35-13-36-20(15)18)19(29-17-5-3-14(4-6-17)21(25)26)22-30-24(33)32(31-22)23-27-8-2-9-28-23/h2-6,8-9,11-12,19,29H,7,10,13H2,1H3,(H3,25,26)(H,30,31,33). The van der Waals surface area contributed by atoms with Crippen LogP contribution in [0.1, 0.15) is 28.6 Å². The van der Waals surface area contributed by atoms with Gasteiger partial charge in [0, 0.05) is 29.2 Å². The Morgan fingerprint density at radius 2 is 2.03 bits per heavy atom. The summed E-state index contributed by atoms with van der Waals surface area (Å²) in [6.07, 6.45) is 3.70. The number of amidine groups is 1. The minimum absolute atomic E-state index is 0.0262. The number of aromatic nitrogens is 5. The molecule has 1 aliphatic heterocycles. The first-order valence-corrected chi connectivity index (χ1v) is 11.1. The molecule has 5 rings (SSSR count). The van der Waals surface area contributed by atoms with Crippen molar-refractivity contribution in [3.63, 3.8) is 0 Å². The first-order chi connectivity index (χ1) is 17.5. The molecule has 0 spiro atoms. The van der Waals surface area contributed by atoms with E-state index in [0.29, 0.717) is 35.9 Å². The van der Waals surface area contributed by atoms with E-state index in [2.05, 4.69) is 25.4 Å². The Morgan fingerprint density at radius 1 is 1.25 bits per heavy atom. The third-order valence-corrected chi connectivity index (χ3v) is 5.67. The van der Waals surface area contributed by atoms with Gasteiger partial charge in [0.05, 0.1) is 13.7 Å². The van der Waals surface area contributed by atoms with E-state index in [-0.39, 0.29) is 18.6 Å². The molecule has 0 bridgehead atoms. The zero-order chi connectivity index (χ0) is 25.1. The van der Waals surface area contributed by atoms with Crippen LogP contribution >= 0.6 is 0 Å². The molecule has 0 aliphatic carbocycles. The van der Waals surface area contributed by atoms with Crippen LogP contribution in [-0.2, 0) is 11.2 Å². The molecule has 5 N–H and O–H groups in total. The summed E-state index contributed by atoms with van der Waals surface area (Å²) >= 11 is 0. The van der Waals surface area contributed by atoms with Gasteiger partial charge in [-0.05, 0) is 54.4 Å². The van der Waals surface area contributed by atoms with Crippen molar-refractivity contribution >= 4 is 11.5 Å². The lowest BCUT2D eigenvalue weighted by molar-refractivity contribution is 0.0250. The predicted octanol–water partition coefficient (Wildman–Crippen LogP) is 1.75. The van der Waals surface area contributed by atoms with Gasteiger partial charge in [-0.15, -0.1) is 9.78 Å². The number of benzene rings is 2. The predicted molar refractivity (Wildman–Crippen MR) is 131 cm³/mol. The number of aromatic amines is 1. The van der Waals surface area contributed by atoms with Crippen molar-refractivity contribution in [2.75, 3.05) is 25.8 Å². The van der Waals surface area contributed by atoms with Gasteiger partial charge in [0.1, 0.15) is 11.9 Å². The maximum atomic E-state index is 12.8. The molecule has 12 nitrogen and oxygen atoms in total. The summed E-state index contributed by atoms with van der Waals surface area (Å²) in [5.41, 5.74) is 8.13. The fourth-order valence-electron chi connectivity index (χ4n) is 3.92. The topological polar surface area (TPSA) is 166 Å². The highest BCUT2D eigenvalue weighted by Gasteiger charge is 2.25. The monoisotopic (exact) mass is 488 g/mol. The number of rotatable bonds is 7. The largest absolute Gasteiger partial charge is 0.493 e. The number of hydrogen-bond donors (Lipinski definition) is 4. The minimum atomic E-state index is -0.589. The number of H-pyrrole nitrogens is 1. The van der Waals surface area contributed by atoms with Crippen LogP contribution in [0.2, 0.25) is 0 Å². The molecule has 1 aliphatic rings. The summed E-state index contributed by atoms with van der Waals surface area (Å²) in [7, 11) is 1.57. The molecule has 3 heterocycles. The molecular weight excluding hydrogens is 464 g/mol. The van der Waals surface area contributed by atoms with Crippen LogP contribution in [-0.4, -0.2) is 51.1 Å². The van der Waals surface area contributed by atoms with Gasteiger partial charge < -0.3 is 25.3 Å². The maximum Gasteiger partial charge on any atom is 0.350 e. The molecule has 36 heavy (non-hydrogen) atoms. The number of nitrogens with one attached hydrogen (secondary N) is 3. The van der Waals surface area contributed by atoms with Crippen molar-refractivity contribution in [1.29, 1.82) is 5.41 Å². The first-order valence-electron chi connectivity index (χ1n) is 11.1. The second-order valence-corrected chi connectivity index (χ2v) is 7.98. The Labute approximate surface area is 205 Å². The lowest BCUT2D eigenvalue weighted by Crippen LogP contribution is -2.18. The Kier molecular flexibility index (Phi) is 6.33. The fourth-order valence-corrected chi connectivity index (χ4v) is 3.92. The van der Waals surface area contributed by atoms with Gasteiger partial charge in [-0.2, -0.15) is 0 Å². The summed E-state index contributed by atoms with van der Waals surface area (Å²) < 4.78 is 17.9.